The number of nitrogens with one attached hydrogen (secondary N) is 1. The molecule has 2 saturated heterocycles. The molecule has 0 bridgehead atoms. The van der Waals surface area contributed by atoms with Gasteiger partial charge in [-0.05, 0) is 104 Å². The van der Waals surface area contributed by atoms with Gasteiger partial charge in [0.15, 0.2) is 0 Å². The maximum atomic E-state index is 13.6. The molecule has 2 unspecified atom stereocenters. The number of esters is 3. The molecule has 0 spiro atoms. The summed E-state index contributed by atoms with van der Waals surface area (Å²) in [4.78, 5) is 66.3. The minimum Gasteiger partial charge on any atom is -0.465 e. The molecule has 27 heteroatoms. The first-order valence-corrected chi connectivity index (χ1v) is 23.4. The van der Waals surface area contributed by atoms with Crippen LogP contribution in [0.1, 0.15) is 77.6 Å². The van der Waals surface area contributed by atoms with Gasteiger partial charge in [-0.25, -0.2) is 23.4 Å². The Bertz CT molecular complexity index is 2510. The highest BCUT2D eigenvalue weighted by atomic mass is 35.5. The van der Waals surface area contributed by atoms with Crippen molar-refractivity contribution >= 4 is 130 Å². The third kappa shape index (κ3) is 19.9. The highest BCUT2D eigenvalue weighted by Gasteiger charge is 2.40. The number of amides is 1. The number of rotatable bonds is 13. The molecule has 0 aromatic heterocycles. The molecular formula is C48H61B10ClF2N6O8. The lowest BCUT2D eigenvalue weighted by atomic mass is 8.58. The molecule has 4 aromatic carbocycles. The van der Waals surface area contributed by atoms with Gasteiger partial charge in [0, 0.05) is 142 Å². The number of carbonyl (C=O) groups is 5. The average molecular weight is 1030 g/mol. The fourth-order valence-electron chi connectivity index (χ4n) is 7.86. The lowest BCUT2D eigenvalue weighted by Crippen LogP contribution is -2.62. The number of methoxy groups -OCH3 is 2. The Labute approximate surface area is 456 Å². The monoisotopic (exact) mass is 1030 g/mol. The molecule has 14 nitrogen and oxygen atoms in total. The van der Waals surface area contributed by atoms with Gasteiger partial charge >= 0.3 is 17.9 Å². The number of ether oxygens (including phenoxy) is 3. The summed E-state index contributed by atoms with van der Waals surface area (Å²) in [7, 11) is 34.5. The number of hydrogen-bond donors (Lipinski definition) is 2. The van der Waals surface area contributed by atoms with Crippen molar-refractivity contribution in [2.45, 2.75) is 61.6 Å². The van der Waals surface area contributed by atoms with Crippen molar-refractivity contribution < 1.29 is 47.0 Å². The highest BCUT2D eigenvalue weighted by Crippen LogP contribution is 2.30. The Hall–Kier alpha value is -5.42. The second-order valence-corrected chi connectivity index (χ2v) is 17.4. The molecule has 7 rings (SSSR count). The molecule has 3 heterocycles. The molecule has 75 heavy (non-hydrogen) atoms. The summed E-state index contributed by atoms with van der Waals surface area (Å²) in [6, 6.07) is 23.6. The number of hydrazone groups is 1. The Kier molecular flexibility index (Phi) is 29.6. The van der Waals surface area contributed by atoms with E-state index in [0.29, 0.717) is 79.2 Å². The summed E-state index contributed by atoms with van der Waals surface area (Å²) in [6.45, 7) is 9.05. The van der Waals surface area contributed by atoms with Crippen LogP contribution in [0.4, 0.5) is 20.2 Å². The van der Waals surface area contributed by atoms with Gasteiger partial charge in [-0.1, -0.05) is 39.1 Å². The second kappa shape index (κ2) is 32.9. The van der Waals surface area contributed by atoms with E-state index in [-0.39, 0.29) is 68.8 Å². The first-order valence-electron chi connectivity index (χ1n) is 23.0. The molecule has 12 radical (unpaired) electrons. The molecule has 0 aliphatic carbocycles. The van der Waals surface area contributed by atoms with Gasteiger partial charge in [0.2, 0.25) is 0 Å². The molecule has 1 amide bonds. The number of fused-ring (bicyclic) bond motifs is 1. The van der Waals surface area contributed by atoms with E-state index in [1.807, 2.05) is 24.3 Å². The van der Waals surface area contributed by atoms with Gasteiger partial charge in [0.1, 0.15) is 23.3 Å². The zero-order valence-electron chi connectivity index (χ0n) is 41.8. The predicted octanol–water partition coefficient (Wildman–Crippen LogP) is 4.90. The maximum Gasteiger partial charge on any atom is 0.337 e. The highest BCUT2D eigenvalue weighted by molar-refractivity contribution is 8.00. The van der Waals surface area contributed by atoms with E-state index in [9.17, 15) is 32.8 Å². The van der Waals surface area contributed by atoms with E-state index in [0.717, 1.165) is 23.4 Å². The van der Waals surface area contributed by atoms with E-state index >= 15 is 0 Å². The number of benzene rings is 4. The van der Waals surface area contributed by atoms with Crippen LogP contribution in [0.15, 0.2) is 90.0 Å². The Morgan fingerprint density at radius 2 is 1.19 bits per heavy atom. The minimum atomic E-state index is -0.696. The van der Waals surface area contributed by atoms with Crippen LogP contribution >= 0.6 is 11.8 Å². The standard InChI is InChI=1S/C22H22FN3O3.C17H21NO5.C7H7ClFN.2CH4.B10.H3N/c1-14-11-17(7-8-19(14)23)26-21(27)18-13-25(10-9-20(18)24-26)12-15-3-5-16(6-4-15)22(28)29-2;1-3-23-17(21)14-11-18(9-8-15(14)19)10-12-4-6-13(7-5-12)16(20)22-2;1-5-4-6(10-8)2-3-7(5)9;;;1-7(2)10(8(3)4)9(5)6;/h3-8,11,18H,9-10,12-13H2,1-2H3;4-7,14H,3,8-11H2,1-2H3;2-4,10H,1H3;2*1H4;;1H3. The van der Waals surface area contributed by atoms with Crippen LogP contribution in [0.3, 0.4) is 0 Å². The van der Waals surface area contributed by atoms with Crippen molar-refractivity contribution in [2.75, 3.05) is 56.9 Å². The number of piperidine rings is 2. The summed E-state index contributed by atoms with van der Waals surface area (Å²) < 4.78 is 40.5. The number of Topliss-reactive ketones (excluding diaryl/α,β-unsaturated/α-hetero) is 1. The maximum absolute atomic E-state index is 13.6. The zero-order valence-corrected chi connectivity index (χ0v) is 42.5. The fraction of sp³-hybridized carbons (Fsp3) is 0.375. The third-order valence-electron chi connectivity index (χ3n) is 11.9. The van der Waals surface area contributed by atoms with E-state index < -0.39 is 37.4 Å². The van der Waals surface area contributed by atoms with E-state index in [2.05, 4.69) is 24.5 Å². The van der Waals surface area contributed by atoms with Crippen molar-refractivity contribution in [1.82, 2.24) is 16.0 Å². The Balaban J connectivity index is 0.000000544. The third-order valence-corrected chi connectivity index (χ3v) is 12.1. The number of aryl methyl sites for hydroxylation is 2. The van der Waals surface area contributed by atoms with E-state index in [1.165, 1.54) is 31.4 Å². The second-order valence-electron chi connectivity index (χ2n) is 17.2. The lowest BCUT2D eigenvalue weighted by Gasteiger charge is -2.30. The van der Waals surface area contributed by atoms with Gasteiger partial charge in [-0.3, -0.25) is 29.0 Å². The first kappa shape index (κ1) is 67.6. The molecule has 2 atom stereocenters. The van der Waals surface area contributed by atoms with Crippen molar-refractivity contribution in [1.29, 1.82) is 0 Å². The lowest BCUT2D eigenvalue weighted by molar-refractivity contribution is -0.154. The predicted molar refractivity (Wildman–Crippen MR) is 307 cm³/mol. The van der Waals surface area contributed by atoms with Crippen molar-refractivity contribution in [2.24, 2.45) is 16.9 Å². The molecular weight excluding hydrogens is 970 g/mol. The summed E-state index contributed by atoms with van der Waals surface area (Å²) in [5.41, 5.74) is 6.35. The Morgan fingerprint density at radius 3 is 1.61 bits per heavy atom. The number of nitrogens with zero attached hydrogens (tertiary/aromatic N) is 4. The number of carbonyl (C=O) groups excluding carboxylic acids is 5. The summed E-state index contributed by atoms with van der Waals surface area (Å²) in [5.74, 6) is -2.78. The number of hydrogen-bond acceptors (Lipinski definition) is 13. The van der Waals surface area contributed by atoms with Crippen molar-refractivity contribution in [3.05, 3.63) is 130 Å². The smallest absolute Gasteiger partial charge is 0.337 e. The average Bonchev–Trinajstić information content (AvgIpc) is 3.68. The van der Waals surface area contributed by atoms with Crippen LogP contribution in [-0.4, -0.2) is 164 Å². The van der Waals surface area contributed by atoms with E-state index in [1.54, 1.807) is 69.3 Å². The summed E-state index contributed by atoms with van der Waals surface area (Å²) in [5, 5.41) is 5.92. The molecule has 4 aromatic rings. The van der Waals surface area contributed by atoms with Crippen LogP contribution < -0.4 is 16.0 Å². The number of anilines is 2. The van der Waals surface area contributed by atoms with Crippen molar-refractivity contribution in [3.63, 3.8) is 0 Å². The molecule has 4 N–H and O–H groups in total. The quantitative estimate of drug-likeness (QED) is 0.0609. The van der Waals surface area contributed by atoms with Gasteiger partial charge in [0.25, 0.3) is 5.91 Å². The summed E-state index contributed by atoms with van der Waals surface area (Å²) in [6.07, 6.45) is -1.38. The number of ketones is 1. The number of likely N-dealkylation sites (tertiary alicyclic amines) is 2. The zero-order chi connectivity index (χ0) is 53.2. The molecule has 3 aliphatic heterocycles. The minimum absolute atomic E-state index is 0. The normalized spacial score (nSPS) is 15.5. The SMILES string of the molecule is C.C.CCOC(=O)C1CN(Cc2ccc(C(=O)OC)cc2)CCC1=O.COC(=O)c1ccc(CN2CCC3=NN(c4ccc(F)c(C)c4)C(=O)C3C2)cc1.Cc1cc(NCl)ccc1F.N.[B]B([B])B(B([B])[B])B([B])[B]. The first-order chi connectivity index (χ1) is 34.2. The molecule has 0 saturated carbocycles. The summed E-state index contributed by atoms with van der Waals surface area (Å²) >= 11 is 5.28. The van der Waals surface area contributed by atoms with Crippen molar-refractivity contribution in [3.8, 4) is 0 Å². The largest absolute Gasteiger partial charge is 0.465 e. The van der Waals surface area contributed by atoms with Crippen LogP contribution in [0, 0.1) is 37.3 Å². The van der Waals surface area contributed by atoms with E-state index in [4.69, 9.17) is 67.7 Å². The fourth-order valence-corrected chi connectivity index (χ4v) is 7.98. The Morgan fingerprint density at radius 1 is 0.720 bits per heavy atom. The van der Waals surface area contributed by atoms with Crippen LogP contribution in [-0.2, 0) is 41.7 Å². The van der Waals surface area contributed by atoms with Gasteiger partial charge in [0.05, 0.1) is 49.3 Å². The van der Waals surface area contributed by atoms with Gasteiger partial charge in [-0.15, -0.1) is 0 Å². The van der Waals surface area contributed by atoms with Gasteiger partial charge < -0.3 is 20.4 Å². The van der Waals surface area contributed by atoms with Gasteiger partial charge in [-0.2, -0.15) is 5.10 Å². The number of halogens is 3. The van der Waals surface area contributed by atoms with Crippen LogP contribution in [0.25, 0.3) is 0 Å². The van der Waals surface area contributed by atoms with Crippen LogP contribution in [0.2, 0.25) is 0 Å². The van der Waals surface area contributed by atoms with Crippen LogP contribution in [0.5, 0.6) is 0 Å². The molecule has 2 fully saturated rings. The molecule has 382 valence electrons. The topological polar surface area (TPSA) is 182 Å². The molecule has 3 aliphatic rings.